The van der Waals surface area contributed by atoms with Gasteiger partial charge in [0.25, 0.3) is 0 Å². The van der Waals surface area contributed by atoms with Gasteiger partial charge in [0.15, 0.2) is 0 Å². The molecule has 186 valence electrons. The average Bonchev–Trinajstić information content (AvgIpc) is 2.87. The van der Waals surface area contributed by atoms with Gasteiger partial charge in [-0.25, -0.2) is 4.79 Å². The Kier molecular flexibility index (Phi) is 9.11. The second-order valence-electron chi connectivity index (χ2n) is 9.85. The minimum Gasteiger partial charge on any atom is -0.489 e. The lowest BCUT2D eigenvalue weighted by molar-refractivity contribution is 0.0600. The van der Waals surface area contributed by atoms with Gasteiger partial charge in [-0.15, -0.1) is 0 Å². The second kappa shape index (κ2) is 12.0. The Bertz CT molecular complexity index is 1070. The Morgan fingerprint density at radius 1 is 0.886 bits per heavy atom. The van der Waals surface area contributed by atoms with Gasteiger partial charge in [-0.05, 0) is 70.0 Å². The first-order valence-electron chi connectivity index (χ1n) is 12.5. The zero-order valence-electron chi connectivity index (χ0n) is 22.0. The smallest absolute Gasteiger partial charge is 0.337 e. The first-order chi connectivity index (χ1) is 16.8. The Balaban J connectivity index is 2.09. The van der Waals surface area contributed by atoms with E-state index in [0.29, 0.717) is 24.3 Å². The van der Waals surface area contributed by atoms with Crippen molar-refractivity contribution < 1.29 is 14.3 Å². The van der Waals surface area contributed by atoms with E-state index in [2.05, 4.69) is 75.9 Å². The van der Waals surface area contributed by atoms with Crippen LogP contribution in [0, 0.1) is 0 Å². The van der Waals surface area contributed by atoms with Crippen LogP contribution < -0.4 is 4.74 Å². The minimum atomic E-state index is -0.376. The Labute approximate surface area is 210 Å². The third-order valence-corrected chi connectivity index (χ3v) is 6.84. The second-order valence-corrected chi connectivity index (χ2v) is 9.85. The molecule has 3 rings (SSSR count). The van der Waals surface area contributed by atoms with Crippen LogP contribution in [0.5, 0.6) is 5.75 Å². The van der Waals surface area contributed by atoms with Crippen molar-refractivity contribution in [1.82, 2.24) is 4.90 Å². The third-order valence-electron chi connectivity index (χ3n) is 6.84. The van der Waals surface area contributed by atoms with Gasteiger partial charge in [0, 0.05) is 23.1 Å². The molecule has 0 saturated carbocycles. The maximum Gasteiger partial charge on any atom is 0.337 e. The molecule has 0 amide bonds. The molecular weight excluding hydrogens is 434 g/mol. The third kappa shape index (κ3) is 6.52. The van der Waals surface area contributed by atoms with Crippen molar-refractivity contribution in [3.63, 3.8) is 0 Å². The number of rotatable bonds is 11. The molecule has 0 radical (unpaired) electrons. The molecule has 0 spiro atoms. The molecule has 0 aliphatic heterocycles. The summed E-state index contributed by atoms with van der Waals surface area (Å²) < 4.78 is 11.4. The largest absolute Gasteiger partial charge is 0.489 e. The molecule has 0 aromatic heterocycles. The molecule has 0 aliphatic rings. The van der Waals surface area contributed by atoms with Crippen LogP contribution in [-0.2, 0) is 16.8 Å². The van der Waals surface area contributed by atoms with Crippen molar-refractivity contribution in [3.8, 4) is 5.75 Å². The number of carbonyl (C=O) groups is 1. The highest BCUT2D eigenvalue weighted by atomic mass is 16.5. The van der Waals surface area contributed by atoms with Gasteiger partial charge in [0.2, 0.25) is 0 Å². The number of benzene rings is 3. The van der Waals surface area contributed by atoms with E-state index in [4.69, 9.17) is 9.47 Å². The van der Waals surface area contributed by atoms with Gasteiger partial charge in [0.1, 0.15) is 12.4 Å². The van der Waals surface area contributed by atoms with Gasteiger partial charge in [-0.3, -0.25) is 4.90 Å². The first kappa shape index (κ1) is 26.5. The number of methoxy groups -OCH3 is 1. The lowest BCUT2D eigenvalue weighted by Crippen LogP contribution is -2.40. The number of carbonyl (C=O) groups excluding carboxylic acids is 1. The van der Waals surface area contributed by atoms with Crippen molar-refractivity contribution in [1.29, 1.82) is 0 Å². The Morgan fingerprint density at radius 3 is 2.06 bits per heavy atom. The van der Waals surface area contributed by atoms with E-state index < -0.39 is 0 Å². The summed E-state index contributed by atoms with van der Waals surface area (Å²) in [5.41, 5.74) is 3.44. The summed E-state index contributed by atoms with van der Waals surface area (Å²) in [5, 5.41) is 0. The summed E-state index contributed by atoms with van der Waals surface area (Å²) >= 11 is 0. The van der Waals surface area contributed by atoms with E-state index in [-0.39, 0.29) is 11.4 Å². The van der Waals surface area contributed by atoms with E-state index in [1.807, 2.05) is 36.4 Å². The van der Waals surface area contributed by atoms with Gasteiger partial charge >= 0.3 is 5.97 Å². The fourth-order valence-corrected chi connectivity index (χ4v) is 4.77. The van der Waals surface area contributed by atoms with E-state index in [1.165, 1.54) is 12.7 Å². The molecule has 0 bridgehead atoms. The van der Waals surface area contributed by atoms with E-state index in [9.17, 15) is 4.79 Å². The average molecular weight is 474 g/mol. The maximum atomic E-state index is 12.5. The molecular formula is C31H39NO3. The van der Waals surface area contributed by atoms with Crippen LogP contribution in [0.3, 0.4) is 0 Å². The summed E-state index contributed by atoms with van der Waals surface area (Å²) in [5.74, 6) is 0.441. The highest BCUT2D eigenvalue weighted by molar-refractivity contribution is 5.90. The minimum absolute atomic E-state index is 0.345. The maximum absolute atomic E-state index is 12.5. The van der Waals surface area contributed by atoms with Crippen molar-refractivity contribution in [3.05, 3.63) is 101 Å². The number of hydrogen-bond acceptors (Lipinski definition) is 4. The molecule has 0 fully saturated rings. The van der Waals surface area contributed by atoms with Gasteiger partial charge < -0.3 is 9.47 Å². The predicted octanol–water partition coefficient (Wildman–Crippen LogP) is 6.87. The Hall–Kier alpha value is -3.11. The van der Waals surface area contributed by atoms with Crippen LogP contribution in [0.25, 0.3) is 0 Å². The van der Waals surface area contributed by atoms with Crippen molar-refractivity contribution in [2.75, 3.05) is 13.7 Å². The van der Waals surface area contributed by atoms with Gasteiger partial charge in [-0.1, -0.05) is 67.6 Å². The molecule has 0 N–H and O–H groups in total. The summed E-state index contributed by atoms with van der Waals surface area (Å²) in [6, 6.07) is 27.2. The van der Waals surface area contributed by atoms with Crippen LogP contribution >= 0.6 is 0 Å². The summed E-state index contributed by atoms with van der Waals surface area (Å²) in [6.45, 7) is 12.6. The monoisotopic (exact) mass is 473 g/mol. The molecule has 0 saturated heterocycles. The zero-order chi connectivity index (χ0) is 25.4. The topological polar surface area (TPSA) is 38.8 Å². The molecule has 0 heterocycles. The lowest BCUT2D eigenvalue weighted by atomic mass is 9.72. The highest BCUT2D eigenvalue weighted by Crippen LogP contribution is 2.41. The molecule has 4 heteroatoms. The number of ether oxygens (including phenoxy) is 2. The van der Waals surface area contributed by atoms with Crippen LogP contribution in [0.1, 0.15) is 68.1 Å². The molecule has 1 atom stereocenters. The number of nitrogens with zero attached hydrogens (tertiary/aromatic N) is 1. The normalized spacial score (nSPS) is 13.2. The van der Waals surface area contributed by atoms with Crippen LogP contribution in [0.2, 0.25) is 0 Å². The SMILES string of the molecule is COC(=O)c1ccc(OCc2ccccc2)c([C@@](C)(CCN(C(C)C)C(C)C)c2ccccc2)c1. The number of hydrogen-bond donors (Lipinski definition) is 0. The molecule has 35 heavy (non-hydrogen) atoms. The fraction of sp³-hybridized carbons (Fsp3) is 0.387. The van der Waals surface area contributed by atoms with E-state index >= 15 is 0 Å². The van der Waals surface area contributed by atoms with Crippen LogP contribution in [0.4, 0.5) is 0 Å². The quantitative estimate of drug-likeness (QED) is 0.285. The van der Waals surface area contributed by atoms with Crippen molar-refractivity contribution in [2.45, 2.75) is 65.1 Å². The molecule has 3 aromatic rings. The highest BCUT2D eigenvalue weighted by Gasteiger charge is 2.34. The van der Waals surface area contributed by atoms with Crippen molar-refractivity contribution >= 4 is 5.97 Å². The van der Waals surface area contributed by atoms with Crippen molar-refractivity contribution in [2.24, 2.45) is 0 Å². The molecule has 3 aromatic carbocycles. The fourth-order valence-electron chi connectivity index (χ4n) is 4.77. The summed E-state index contributed by atoms with van der Waals surface area (Å²) in [6.07, 6.45) is 0.875. The molecule has 0 aliphatic carbocycles. The standard InChI is InChI=1S/C31H39NO3/c1-23(2)32(24(3)4)20-19-31(5,27-15-11-8-12-16-27)28-21-26(30(33)34-6)17-18-29(28)35-22-25-13-9-7-10-14-25/h7-18,21,23-24H,19-20,22H2,1-6H3/t31-/m0/s1. The Morgan fingerprint density at radius 2 is 1.49 bits per heavy atom. The van der Waals surface area contributed by atoms with Gasteiger partial charge in [0.05, 0.1) is 12.7 Å². The first-order valence-corrected chi connectivity index (χ1v) is 12.5. The van der Waals surface area contributed by atoms with Gasteiger partial charge in [-0.2, -0.15) is 0 Å². The molecule has 0 unspecified atom stereocenters. The van der Waals surface area contributed by atoms with Crippen LogP contribution in [0.15, 0.2) is 78.9 Å². The number of esters is 1. The summed E-state index contributed by atoms with van der Waals surface area (Å²) in [4.78, 5) is 15.0. The zero-order valence-corrected chi connectivity index (χ0v) is 22.0. The molecule has 4 nitrogen and oxygen atoms in total. The van der Waals surface area contributed by atoms with E-state index in [0.717, 1.165) is 29.8 Å². The summed E-state index contributed by atoms with van der Waals surface area (Å²) in [7, 11) is 1.42. The predicted molar refractivity (Wildman–Crippen MR) is 143 cm³/mol. The lowest BCUT2D eigenvalue weighted by Gasteiger charge is -2.37. The van der Waals surface area contributed by atoms with Crippen LogP contribution in [-0.4, -0.2) is 36.6 Å². The van der Waals surface area contributed by atoms with E-state index in [1.54, 1.807) is 6.07 Å².